The molecule has 1 N–H and O–H groups in total. The summed E-state index contributed by atoms with van der Waals surface area (Å²) in [6.45, 7) is 7.84. The van der Waals surface area contributed by atoms with Crippen molar-refractivity contribution in [3.8, 4) is 22.3 Å². The topological polar surface area (TPSA) is 52.2 Å². The van der Waals surface area contributed by atoms with Crippen LogP contribution in [0.1, 0.15) is 84.6 Å². The second-order valence-electron chi connectivity index (χ2n) is 14.6. The highest BCUT2D eigenvalue weighted by Crippen LogP contribution is 2.56. The minimum absolute atomic E-state index is 0.0260. The summed E-state index contributed by atoms with van der Waals surface area (Å²) in [6, 6.07) is 43.1. The number of nitrogens with zero attached hydrogens (tertiary/aromatic N) is 1. The summed E-state index contributed by atoms with van der Waals surface area (Å²) in [7, 11) is 0. The molecule has 1 radical (unpaired) electrons. The number of hydroxylamine groups is 2. The standard InChI is InChI=1S/C43H39N2O2/c1-42(2)25-29(26-43(3,4)45(42)47)44-41(46)28-23-21-27(22-24-28)38(39-34-17-9-5-13-30(34)31-14-6-10-18-35(31)39)40-36-19-11-7-15-32(36)33-16-8-12-20-37(33)40/h5-24,29,39H,25-26H2,1-4H3,(H,44,46). The predicted molar refractivity (Wildman–Crippen MR) is 189 cm³/mol. The normalized spacial score (nSPS) is 17.9. The van der Waals surface area contributed by atoms with Crippen LogP contribution in [-0.2, 0) is 5.21 Å². The summed E-state index contributed by atoms with van der Waals surface area (Å²) in [5.41, 5.74) is 13.2. The number of carbonyl (C=O) groups excluding carboxylic acids is 1. The van der Waals surface area contributed by atoms with Gasteiger partial charge in [0, 0.05) is 28.6 Å². The van der Waals surface area contributed by atoms with Gasteiger partial charge in [-0.05, 0) is 114 Å². The minimum Gasteiger partial charge on any atom is -0.349 e. The van der Waals surface area contributed by atoms with Crippen molar-refractivity contribution in [1.29, 1.82) is 0 Å². The Balaban J connectivity index is 1.25. The van der Waals surface area contributed by atoms with Crippen LogP contribution in [0.2, 0.25) is 0 Å². The fourth-order valence-electron chi connectivity index (χ4n) is 8.66. The first-order chi connectivity index (χ1) is 22.6. The van der Waals surface area contributed by atoms with Gasteiger partial charge in [0.05, 0.1) is 0 Å². The Hall–Kier alpha value is -4.77. The summed E-state index contributed by atoms with van der Waals surface area (Å²) >= 11 is 0. The SMILES string of the molecule is CC1(C)CC(NC(=O)c2ccc(C(=C3c4ccccc4-c4ccccc43)C3c4ccccc4-c4ccccc43)cc2)CC(C)(C)N1[O]. The van der Waals surface area contributed by atoms with Crippen molar-refractivity contribution in [2.75, 3.05) is 0 Å². The lowest BCUT2D eigenvalue weighted by molar-refractivity contribution is -0.289. The first kappa shape index (κ1) is 29.6. The molecule has 1 amide bonds. The average molecular weight is 616 g/mol. The van der Waals surface area contributed by atoms with Crippen molar-refractivity contribution in [3.63, 3.8) is 0 Å². The van der Waals surface area contributed by atoms with Gasteiger partial charge in [0.25, 0.3) is 5.91 Å². The lowest BCUT2D eigenvalue weighted by Crippen LogP contribution is -2.62. The van der Waals surface area contributed by atoms with Gasteiger partial charge in [0.2, 0.25) is 0 Å². The van der Waals surface area contributed by atoms with Crippen LogP contribution in [0.25, 0.3) is 33.4 Å². The van der Waals surface area contributed by atoms with E-state index in [1.54, 1.807) is 0 Å². The van der Waals surface area contributed by atoms with Crippen LogP contribution < -0.4 is 5.32 Å². The monoisotopic (exact) mass is 615 g/mol. The molecule has 0 spiro atoms. The molecule has 3 aliphatic rings. The van der Waals surface area contributed by atoms with Crippen LogP contribution in [0.3, 0.4) is 0 Å². The number of hydrogen-bond acceptors (Lipinski definition) is 2. The molecule has 4 heteroatoms. The Morgan fingerprint density at radius 1 is 0.574 bits per heavy atom. The summed E-state index contributed by atoms with van der Waals surface area (Å²) < 4.78 is 0. The summed E-state index contributed by atoms with van der Waals surface area (Å²) in [5.74, 6) is -0.0761. The second-order valence-corrected chi connectivity index (χ2v) is 14.6. The van der Waals surface area contributed by atoms with Gasteiger partial charge in [-0.2, -0.15) is 0 Å². The van der Waals surface area contributed by atoms with Gasteiger partial charge in [-0.25, -0.2) is 0 Å². The summed E-state index contributed by atoms with van der Waals surface area (Å²) in [4.78, 5) is 13.6. The maximum Gasteiger partial charge on any atom is 0.251 e. The molecule has 1 fully saturated rings. The molecule has 0 saturated carbocycles. The second kappa shape index (κ2) is 10.9. The molecule has 5 aromatic carbocycles. The van der Waals surface area contributed by atoms with Crippen LogP contribution >= 0.6 is 0 Å². The van der Waals surface area contributed by atoms with E-state index in [2.05, 4.69) is 115 Å². The number of hydrogen-bond donors (Lipinski definition) is 1. The number of benzene rings is 5. The zero-order valence-electron chi connectivity index (χ0n) is 27.4. The highest BCUT2D eigenvalue weighted by molar-refractivity contribution is 6.13. The van der Waals surface area contributed by atoms with E-state index in [-0.39, 0.29) is 17.9 Å². The lowest BCUT2D eigenvalue weighted by atomic mass is 9.79. The highest BCUT2D eigenvalue weighted by atomic mass is 16.5. The number of carbonyl (C=O) groups is 1. The van der Waals surface area contributed by atoms with Crippen molar-refractivity contribution in [1.82, 2.24) is 10.4 Å². The smallest absolute Gasteiger partial charge is 0.251 e. The van der Waals surface area contributed by atoms with Crippen molar-refractivity contribution >= 4 is 17.1 Å². The van der Waals surface area contributed by atoms with E-state index in [1.807, 2.05) is 39.8 Å². The number of amides is 1. The summed E-state index contributed by atoms with van der Waals surface area (Å²) in [6.07, 6.45) is 1.22. The molecule has 4 nitrogen and oxygen atoms in total. The predicted octanol–water partition coefficient (Wildman–Crippen LogP) is 9.54. The molecule has 233 valence electrons. The third kappa shape index (κ3) is 4.78. The Labute approximate surface area is 277 Å². The third-order valence-corrected chi connectivity index (χ3v) is 10.5. The fraction of sp³-hybridized carbons (Fsp3) is 0.233. The van der Waals surface area contributed by atoms with Crippen LogP contribution in [0, 0.1) is 0 Å². The van der Waals surface area contributed by atoms with Gasteiger partial charge in [0.15, 0.2) is 0 Å². The van der Waals surface area contributed by atoms with Gasteiger partial charge >= 0.3 is 0 Å². The molecule has 2 aliphatic carbocycles. The zero-order chi connectivity index (χ0) is 32.5. The maximum absolute atomic E-state index is 13.6. The van der Waals surface area contributed by atoms with Gasteiger partial charge in [-0.3, -0.25) is 4.79 Å². The first-order valence-electron chi connectivity index (χ1n) is 16.6. The van der Waals surface area contributed by atoms with Crippen molar-refractivity contribution in [2.24, 2.45) is 0 Å². The number of fused-ring (bicyclic) bond motifs is 6. The van der Waals surface area contributed by atoms with Gasteiger partial charge < -0.3 is 5.32 Å². The van der Waals surface area contributed by atoms with E-state index < -0.39 is 11.1 Å². The molecule has 0 atom stereocenters. The molecule has 1 saturated heterocycles. The molecule has 1 aliphatic heterocycles. The van der Waals surface area contributed by atoms with Crippen LogP contribution in [-0.4, -0.2) is 28.1 Å². The van der Waals surface area contributed by atoms with E-state index in [1.165, 1.54) is 60.7 Å². The molecule has 47 heavy (non-hydrogen) atoms. The molecule has 8 rings (SSSR count). The van der Waals surface area contributed by atoms with E-state index >= 15 is 0 Å². The molecule has 0 unspecified atom stereocenters. The maximum atomic E-state index is 13.6. The van der Waals surface area contributed by atoms with Crippen molar-refractivity contribution < 1.29 is 10.0 Å². The number of rotatable bonds is 4. The molecular formula is C43H39N2O2. The van der Waals surface area contributed by atoms with E-state index in [9.17, 15) is 10.0 Å². The van der Waals surface area contributed by atoms with Gasteiger partial charge in [-0.15, -0.1) is 10.3 Å². The summed E-state index contributed by atoms with van der Waals surface area (Å²) in [5, 5.41) is 17.4. The first-order valence-corrected chi connectivity index (χ1v) is 16.6. The molecule has 0 bridgehead atoms. The quantitative estimate of drug-likeness (QED) is 0.215. The lowest BCUT2D eigenvalue weighted by Gasteiger charge is -2.50. The van der Waals surface area contributed by atoms with Crippen LogP contribution in [0.5, 0.6) is 0 Å². The molecule has 0 aromatic heterocycles. The van der Waals surface area contributed by atoms with Crippen LogP contribution in [0.4, 0.5) is 0 Å². The van der Waals surface area contributed by atoms with E-state index in [4.69, 9.17) is 0 Å². The molecule has 1 heterocycles. The zero-order valence-corrected chi connectivity index (χ0v) is 27.4. The Morgan fingerprint density at radius 2 is 0.979 bits per heavy atom. The Kier molecular flexibility index (Phi) is 6.87. The number of allylic oxidation sites excluding steroid dienone is 1. The fourth-order valence-corrected chi connectivity index (χ4v) is 8.66. The number of nitrogens with one attached hydrogen (secondary N) is 1. The van der Waals surface area contributed by atoms with Gasteiger partial charge in [0.1, 0.15) is 0 Å². The van der Waals surface area contributed by atoms with E-state index in [0.717, 1.165) is 5.56 Å². The molecular weight excluding hydrogens is 576 g/mol. The largest absolute Gasteiger partial charge is 0.349 e. The average Bonchev–Trinajstić information content (AvgIpc) is 3.58. The minimum atomic E-state index is -0.549. The van der Waals surface area contributed by atoms with E-state index in [0.29, 0.717) is 18.4 Å². The van der Waals surface area contributed by atoms with Crippen molar-refractivity contribution in [3.05, 3.63) is 155 Å². The highest BCUT2D eigenvalue weighted by Gasteiger charge is 2.46. The molecule has 5 aromatic rings. The Morgan fingerprint density at radius 3 is 1.47 bits per heavy atom. The third-order valence-electron chi connectivity index (χ3n) is 10.5. The van der Waals surface area contributed by atoms with Gasteiger partial charge in [-0.1, -0.05) is 109 Å². The van der Waals surface area contributed by atoms with Crippen molar-refractivity contribution in [2.45, 2.75) is 63.6 Å². The number of piperidine rings is 1. The van der Waals surface area contributed by atoms with Crippen LogP contribution in [0.15, 0.2) is 121 Å². The Bertz CT molecular complexity index is 1960.